The Kier molecular flexibility index (Phi) is 4.54. The molecule has 1 saturated heterocycles. The topological polar surface area (TPSA) is 60.2 Å². The number of benzene rings is 1. The first kappa shape index (κ1) is 15.4. The zero-order chi connectivity index (χ0) is 16.2. The zero-order valence-corrected chi connectivity index (χ0v) is 12.7. The lowest BCUT2D eigenvalue weighted by atomic mass is 9.87. The van der Waals surface area contributed by atoms with E-state index >= 15 is 0 Å². The fourth-order valence-corrected chi connectivity index (χ4v) is 3.10. The maximum Gasteiger partial charge on any atom is 0.146 e. The molecule has 1 atom stereocenters. The largest absolute Gasteiger partial charge is 0.388 e. The number of piperidine rings is 1. The summed E-state index contributed by atoms with van der Waals surface area (Å²) in [5, 5.41) is 19.7. The molecule has 1 aromatic heterocycles. The fourth-order valence-electron chi connectivity index (χ4n) is 3.10. The summed E-state index contributed by atoms with van der Waals surface area (Å²) in [7, 11) is 0. The average Bonchev–Trinajstić information content (AvgIpc) is 2.62. The number of aliphatic hydroxyl groups excluding tert-OH is 1. The van der Waals surface area contributed by atoms with Gasteiger partial charge < -0.3 is 10.0 Å². The van der Waals surface area contributed by atoms with E-state index in [0.29, 0.717) is 11.4 Å². The number of pyridine rings is 1. The van der Waals surface area contributed by atoms with Crippen LogP contribution in [0.4, 0.5) is 10.2 Å². The Morgan fingerprint density at radius 3 is 2.57 bits per heavy atom. The number of hydrogen-bond donors (Lipinski definition) is 1. The van der Waals surface area contributed by atoms with Crippen molar-refractivity contribution in [3.63, 3.8) is 0 Å². The number of aliphatic hydroxyl groups is 1. The minimum absolute atomic E-state index is 0.131. The number of nitrogens with zero attached hydrogens (tertiary/aromatic N) is 3. The van der Waals surface area contributed by atoms with Gasteiger partial charge in [-0.1, -0.05) is 12.1 Å². The fraction of sp³-hybridized carbons (Fsp3) is 0.333. The lowest BCUT2D eigenvalue weighted by molar-refractivity contribution is 0.0928. The Balaban J connectivity index is 1.66. The summed E-state index contributed by atoms with van der Waals surface area (Å²) in [4.78, 5) is 6.40. The predicted octanol–water partition coefficient (Wildman–Crippen LogP) is 3.04. The van der Waals surface area contributed by atoms with Gasteiger partial charge >= 0.3 is 0 Å². The summed E-state index contributed by atoms with van der Waals surface area (Å²) < 4.78 is 13.0. The molecule has 1 aromatic carbocycles. The van der Waals surface area contributed by atoms with Crippen molar-refractivity contribution in [2.75, 3.05) is 18.0 Å². The Bertz CT molecular complexity index is 703. The minimum Gasteiger partial charge on any atom is -0.388 e. The second-order valence-corrected chi connectivity index (χ2v) is 5.81. The predicted molar refractivity (Wildman–Crippen MR) is 85.2 cm³/mol. The van der Waals surface area contributed by atoms with Gasteiger partial charge in [-0.3, -0.25) is 0 Å². The maximum absolute atomic E-state index is 13.0. The molecule has 0 spiro atoms. The van der Waals surface area contributed by atoms with Crippen molar-refractivity contribution in [2.45, 2.75) is 18.9 Å². The Hall–Kier alpha value is -2.45. The van der Waals surface area contributed by atoms with E-state index in [9.17, 15) is 14.8 Å². The van der Waals surface area contributed by atoms with Gasteiger partial charge in [0.25, 0.3) is 0 Å². The summed E-state index contributed by atoms with van der Waals surface area (Å²) >= 11 is 0. The van der Waals surface area contributed by atoms with Crippen LogP contribution >= 0.6 is 0 Å². The van der Waals surface area contributed by atoms with Gasteiger partial charge in [-0.05, 0) is 48.6 Å². The minimum atomic E-state index is -0.586. The van der Waals surface area contributed by atoms with E-state index in [1.54, 1.807) is 30.5 Å². The van der Waals surface area contributed by atoms with E-state index in [1.165, 1.54) is 12.1 Å². The Morgan fingerprint density at radius 1 is 1.22 bits per heavy atom. The lowest BCUT2D eigenvalue weighted by Gasteiger charge is -2.35. The molecule has 1 aliphatic rings. The second kappa shape index (κ2) is 6.76. The summed E-state index contributed by atoms with van der Waals surface area (Å²) in [6.45, 7) is 1.49. The van der Waals surface area contributed by atoms with Crippen LogP contribution in [-0.2, 0) is 0 Å². The first-order valence-corrected chi connectivity index (χ1v) is 7.72. The summed E-state index contributed by atoms with van der Waals surface area (Å²) in [5.74, 6) is 0.547. The molecule has 2 aromatic rings. The maximum atomic E-state index is 13.0. The van der Waals surface area contributed by atoms with E-state index in [4.69, 9.17) is 0 Å². The molecule has 3 rings (SSSR count). The number of anilines is 1. The van der Waals surface area contributed by atoms with Gasteiger partial charge in [0.15, 0.2) is 0 Å². The van der Waals surface area contributed by atoms with Crippen LogP contribution < -0.4 is 4.90 Å². The van der Waals surface area contributed by atoms with Crippen LogP contribution in [0.2, 0.25) is 0 Å². The molecule has 1 fully saturated rings. The molecule has 0 saturated carbocycles. The van der Waals surface area contributed by atoms with Crippen LogP contribution in [-0.4, -0.2) is 23.2 Å². The normalized spacial score (nSPS) is 16.8. The van der Waals surface area contributed by atoms with Crippen molar-refractivity contribution in [3.8, 4) is 6.07 Å². The average molecular weight is 311 g/mol. The monoisotopic (exact) mass is 311 g/mol. The third-order valence-corrected chi connectivity index (χ3v) is 4.40. The molecular weight excluding hydrogens is 293 g/mol. The van der Waals surface area contributed by atoms with Gasteiger partial charge in [0.1, 0.15) is 17.7 Å². The van der Waals surface area contributed by atoms with Crippen LogP contribution in [0.3, 0.4) is 0 Å². The first-order chi connectivity index (χ1) is 11.2. The molecule has 1 aliphatic heterocycles. The summed E-state index contributed by atoms with van der Waals surface area (Å²) in [6.07, 6.45) is 2.72. The lowest BCUT2D eigenvalue weighted by Crippen LogP contribution is -2.36. The molecule has 1 unspecified atom stereocenters. The number of rotatable bonds is 3. The highest BCUT2D eigenvalue weighted by atomic mass is 19.1. The number of nitriles is 1. The van der Waals surface area contributed by atoms with Gasteiger partial charge in [0, 0.05) is 19.3 Å². The van der Waals surface area contributed by atoms with E-state index in [2.05, 4.69) is 16.0 Å². The van der Waals surface area contributed by atoms with E-state index < -0.39 is 6.10 Å². The molecule has 1 N–H and O–H groups in total. The quantitative estimate of drug-likeness (QED) is 0.946. The van der Waals surface area contributed by atoms with Gasteiger partial charge in [-0.2, -0.15) is 5.26 Å². The standard InChI is InChI=1S/C18H18FN3O/c19-16-5-3-13(4-6-16)17(23)14-7-10-22(11-8-14)18-15(12-20)2-1-9-21-18/h1-6,9,14,17,23H,7-8,10-11H2. The number of hydrogen-bond acceptors (Lipinski definition) is 4. The molecule has 23 heavy (non-hydrogen) atoms. The van der Waals surface area contributed by atoms with E-state index in [1.807, 2.05) is 0 Å². The molecule has 5 heteroatoms. The SMILES string of the molecule is N#Cc1cccnc1N1CCC(C(O)c2ccc(F)cc2)CC1. The third-order valence-electron chi connectivity index (χ3n) is 4.40. The molecule has 0 radical (unpaired) electrons. The smallest absolute Gasteiger partial charge is 0.146 e. The van der Waals surface area contributed by atoms with E-state index in [0.717, 1.165) is 31.5 Å². The summed E-state index contributed by atoms with van der Waals surface area (Å²) in [6, 6.07) is 11.7. The first-order valence-electron chi connectivity index (χ1n) is 7.72. The van der Waals surface area contributed by atoms with Crippen LogP contribution in [0.15, 0.2) is 42.6 Å². The molecule has 0 bridgehead atoms. The molecule has 0 amide bonds. The van der Waals surface area contributed by atoms with Crippen molar-refractivity contribution in [1.82, 2.24) is 4.98 Å². The highest BCUT2D eigenvalue weighted by Gasteiger charge is 2.27. The third kappa shape index (κ3) is 3.33. The van der Waals surface area contributed by atoms with Crippen molar-refractivity contribution >= 4 is 5.82 Å². The highest BCUT2D eigenvalue weighted by Crippen LogP contribution is 2.32. The Labute approximate surface area is 134 Å². The zero-order valence-electron chi connectivity index (χ0n) is 12.7. The van der Waals surface area contributed by atoms with Gasteiger partial charge in [-0.25, -0.2) is 9.37 Å². The van der Waals surface area contributed by atoms with Gasteiger partial charge in [0.05, 0.1) is 11.7 Å². The van der Waals surface area contributed by atoms with Crippen LogP contribution in [0, 0.1) is 23.1 Å². The van der Waals surface area contributed by atoms with Crippen LogP contribution in [0.5, 0.6) is 0 Å². The van der Waals surface area contributed by atoms with Crippen molar-refractivity contribution in [2.24, 2.45) is 5.92 Å². The van der Waals surface area contributed by atoms with Gasteiger partial charge in [-0.15, -0.1) is 0 Å². The second-order valence-electron chi connectivity index (χ2n) is 5.81. The molecule has 4 nitrogen and oxygen atoms in total. The van der Waals surface area contributed by atoms with Crippen LogP contribution in [0.1, 0.15) is 30.1 Å². The van der Waals surface area contributed by atoms with Gasteiger partial charge in [0.2, 0.25) is 0 Å². The summed E-state index contributed by atoms with van der Waals surface area (Å²) in [5.41, 5.74) is 1.32. The molecule has 2 heterocycles. The Morgan fingerprint density at radius 2 is 1.91 bits per heavy atom. The van der Waals surface area contributed by atoms with E-state index in [-0.39, 0.29) is 11.7 Å². The van der Waals surface area contributed by atoms with Crippen molar-refractivity contribution in [3.05, 3.63) is 59.5 Å². The molecule has 0 aliphatic carbocycles. The molecule has 118 valence electrons. The van der Waals surface area contributed by atoms with Crippen LogP contribution in [0.25, 0.3) is 0 Å². The van der Waals surface area contributed by atoms with Crippen molar-refractivity contribution in [1.29, 1.82) is 5.26 Å². The number of halogens is 1. The highest BCUT2D eigenvalue weighted by molar-refractivity contribution is 5.53. The molecular formula is C18H18FN3O. The number of aromatic nitrogens is 1. The van der Waals surface area contributed by atoms with Crippen molar-refractivity contribution < 1.29 is 9.50 Å².